The first-order chi connectivity index (χ1) is 11.5. The number of halogens is 1. The maximum absolute atomic E-state index is 12.8. The first kappa shape index (κ1) is 16.5. The van der Waals surface area contributed by atoms with Gasteiger partial charge in [-0.05, 0) is 30.2 Å². The molecule has 0 radical (unpaired) electrons. The molecule has 1 aliphatic heterocycles. The smallest absolute Gasteiger partial charge is 0.319 e. The highest BCUT2D eigenvalue weighted by Crippen LogP contribution is 2.30. The molecule has 1 heterocycles. The summed E-state index contributed by atoms with van der Waals surface area (Å²) in [5.41, 5.74) is 0.741. The number of hydrogen-bond acceptors (Lipinski definition) is 2. The Hall–Kier alpha value is -2.40. The standard InChI is InChI=1S/C19H17BrN2O2/c1-19(15-10-5-11-16(20)13-15)17(23)22(18(24)21-19)12-6-9-14-7-3-2-4-8-14/h2-11,13H,12H2,1H3,(H,21,24). The molecule has 2 aromatic carbocycles. The van der Waals surface area contributed by atoms with Crippen LogP contribution in [0.4, 0.5) is 4.79 Å². The number of nitrogens with zero attached hydrogens (tertiary/aromatic N) is 1. The Balaban J connectivity index is 1.78. The molecule has 1 atom stereocenters. The highest BCUT2D eigenvalue weighted by molar-refractivity contribution is 9.10. The lowest BCUT2D eigenvalue weighted by atomic mass is 9.92. The number of carbonyl (C=O) groups excluding carboxylic acids is 2. The Morgan fingerprint density at radius 1 is 1.12 bits per heavy atom. The maximum atomic E-state index is 12.8. The van der Waals surface area contributed by atoms with Crippen LogP contribution in [-0.2, 0) is 10.3 Å². The van der Waals surface area contributed by atoms with Crippen molar-refractivity contribution in [3.8, 4) is 0 Å². The second-order valence-electron chi connectivity index (χ2n) is 5.79. The minimum absolute atomic E-state index is 0.239. The van der Waals surface area contributed by atoms with E-state index in [0.29, 0.717) is 0 Å². The lowest BCUT2D eigenvalue weighted by Gasteiger charge is -2.22. The van der Waals surface area contributed by atoms with Crippen LogP contribution in [0.1, 0.15) is 18.1 Å². The topological polar surface area (TPSA) is 49.4 Å². The highest BCUT2D eigenvalue weighted by atomic mass is 79.9. The van der Waals surface area contributed by atoms with Crippen molar-refractivity contribution in [2.24, 2.45) is 0 Å². The molecule has 24 heavy (non-hydrogen) atoms. The van der Waals surface area contributed by atoms with Crippen LogP contribution in [0.5, 0.6) is 0 Å². The molecule has 1 N–H and O–H groups in total. The third-order valence-electron chi connectivity index (χ3n) is 4.07. The second-order valence-corrected chi connectivity index (χ2v) is 6.71. The van der Waals surface area contributed by atoms with Crippen molar-refractivity contribution in [3.05, 3.63) is 76.3 Å². The second kappa shape index (κ2) is 6.61. The molecule has 0 aliphatic carbocycles. The van der Waals surface area contributed by atoms with E-state index >= 15 is 0 Å². The first-order valence-electron chi connectivity index (χ1n) is 7.62. The summed E-state index contributed by atoms with van der Waals surface area (Å²) in [6.45, 7) is 1.97. The van der Waals surface area contributed by atoms with Crippen molar-refractivity contribution in [3.63, 3.8) is 0 Å². The molecule has 1 fully saturated rings. The predicted molar refractivity (Wildman–Crippen MR) is 97.2 cm³/mol. The van der Waals surface area contributed by atoms with Crippen molar-refractivity contribution < 1.29 is 9.59 Å². The molecule has 3 amide bonds. The zero-order valence-corrected chi connectivity index (χ0v) is 14.8. The fourth-order valence-electron chi connectivity index (χ4n) is 2.72. The van der Waals surface area contributed by atoms with Gasteiger partial charge in [0.2, 0.25) is 0 Å². The Labute approximate surface area is 149 Å². The van der Waals surface area contributed by atoms with Gasteiger partial charge in [0.25, 0.3) is 5.91 Å². The molecule has 122 valence electrons. The van der Waals surface area contributed by atoms with E-state index in [2.05, 4.69) is 21.2 Å². The van der Waals surface area contributed by atoms with Gasteiger partial charge in [0, 0.05) is 11.0 Å². The molecule has 0 spiro atoms. The Morgan fingerprint density at radius 3 is 2.58 bits per heavy atom. The zero-order valence-electron chi connectivity index (χ0n) is 13.2. The molecule has 2 aromatic rings. The molecule has 0 aromatic heterocycles. The molecule has 3 rings (SSSR count). The van der Waals surface area contributed by atoms with E-state index in [1.807, 2.05) is 66.7 Å². The van der Waals surface area contributed by atoms with Crippen molar-refractivity contribution in [1.82, 2.24) is 10.2 Å². The third-order valence-corrected chi connectivity index (χ3v) is 4.57. The van der Waals surface area contributed by atoms with Crippen LogP contribution in [0.3, 0.4) is 0 Å². The fourth-order valence-corrected chi connectivity index (χ4v) is 3.12. The number of benzene rings is 2. The number of rotatable bonds is 4. The van der Waals surface area contributed by atoms with E-state index < -0.39 is 5.54 Å². The van der Waals surface area contributed by atoms with E-state index in [-0.39, 0.29) is 18.5 Å². The van der Waals surface area contributed by atoms with Gasteiger partial charge in [0.1, 0.15) is 5.54 Å². The first-order valence-corrected chi connectivity index (χ1v) is 8.42. The summed E-state index contributed by atoms with van der Waals surface area (Å²) < 4.78 is 0.866. The highest BCUT2D eigenvalue weighted by Gasteiger charge is 2.48. The lowest BCUT2D eigenvalue weighted by Crippen LogP contribution is -2.40. The third kappa shape index (κ3) is 3.12. The van der Waals surface area contributed by atoms with Crippen LogP contribution in [0.25, 0.3) is 6.08 Å². The summed E-state index contributed by atoms with van der Waals surface area (Å²) in [7, 11) is 0. The molecule has 0 bridgehead atoms. The number of amides is 3. The quantitative estimate of drug-likeness (QED) is 0.811. The summed E-state index contributed by atoms with van der Waals surface area (Å²) in [6, 6.07) is 16.8. The summed E-state index contributed by atoms with van der Waals surface area (Å²) in [6.07, 6.45) is 3.72. The average molecular weight is 385 g/mol. The van der Waals surface area contributed by atoms with Gasteiger partial charge in [-0.15, -0.1) is 0 Å². The summed E-state index contributed by atoms with van der Waals surface area (Å²) >= 11 is 3.40. The molecule has 1 saturated heterocycles. The van der Waals surface area contributed by atoms with Gasteiger partial charge in [-0.1, -0.05) is 70.5 Å². The van der Waals surface area contributed by atoms with Crippen molar-refractivity contribution >= 4 is 33.9 Å². The van der Waals surface area contributed by atoms with E-state index in [1.54, 1.807) is 6.92 Å². The normalized spacial score (nSPS) is 20.7. The Morgan fingerprint density at radius 2 is 1.88 bits per heavy atom. The molecular weight excluding hydrogens is 368 g/mol. The Kier molecular flexibility index (Phi) is 4.53. The van der Waals surface area contributed by atoms with Crippen LogP contribution >= 0.6 is 15.9 Å². The van der Waals surface area contributed by atoms with E-state index in [0.717, 1.165) is 15.6 Å². The monoisotopic (exact) mass is 384 g/mol. The predicted octanol–water partition coefficient (Wildman–Crippen LogP) is 3.93. The van der Waals surface area contributed by atoms with Gasteiger partial charge >= 0.3 is 6.03 Å². The van der Waals surface area contributed by atoms with Gasteiger partial charge < -0.3 is 5.32 Å². The van der Waals surface area contributed by atoms with Crippen molar-refractivity contribution in [2.45, 2.75) is 12.5 Å². The van der Waals surface area contributed by atoms with E-state index in [4.69, 9.17) is 0 Å². The zero-order chi connectivity index (χ0) is 17.2. The number of nitrogens with one attached hydrogen (secondary N) is 1. The summed E-state index contributed by atoms with van der Waals surface area (Å²) in [5, 5.41) is 2.81. The van der Waals surface area contributed by atoms with Gasteiger partial charge in [-0.25, -0.2) is 4.79 Å². The summed E-state index contributed by atoms with van der Waals surface area (Å²) in [5.74, 6) is -0.247. The molecule has 1 unspecified atom stereocenters. The SMILES string of the molecule is CC1(c2cccc(Br)c2)NC(=O)N(CC=Cc2ccccc2)C1=O. The van der Waals surface area contributed by atoms with Crippen LogP contribution in [0.15, 0.2) is 65.1 Å². The largest absolute Gasteiger partial charge is 0.325 e. The summed E-state index contributed by atoms with van der Waals surface area (Å²) in [4.78, 5) is 26.3. The number of urea groups is 1. The van der Waals surface area contributed by atoms with Crippen LogP contribution < -0.4 is 5.32 Å². The number of imide groups is 1. The molecular formula is C19H17BrN2O2. The minimum atomic E-state index is -1.04. The molecule has 0 saturated carbocycles. The van der Waals surface area contributed by atoms with E-state index in [9.17, 15) is 9.59 Å². The molecule has 4 nitrogen and oxygen atoms in total. The molecule has 5 heteroatoms. The van der Waals surface area contributed by atoms with E-state index in [1.165, 1.54) is 4.90 Å². The fraction of sp³-hybridized carbons (Fsp3) is 0.158. The number of hydrogen-bond donors (Lipinski definition) is 1. The van der Waals surface area contributed by atoms with Crippen molar-refractivity contribution in [2.75, 3.05) is 6.54 Å². The van der Waals surface area contributed by atoms with Gasteiger partial charge in [0.15, 0.2) is 0 Å². The maximum Gasteiger partial charge on any atom is 0.325 e. The molecule has 1 aliphatic rings. The van der Waals surface area contributed by atoms with Gasteiger partial charge in [0.05, 0.1) is 0 Å². The van der Waals surface area contributed by atoms with Crippen molar-refractivity contribution in [1.29, 1.82) is 0 Å². The van der Waals surface area contributed by atoms with Crippen LogP contribution in [-0.4, -0.2) is 23.4 Å². The van der Waals surface area contributed by atoms with Crippen LogP contribution in [0.2, 0.25) is 0 Å². The Bertz CT molecular complexity index is 804. The minimum Gasteiger partial charge on any atom is -0.319 e. The van der Waals surface area contributed by atoms with Gasteiger partial charge in [-0.2, -0.15) is 0 Å². The average Bonchev–Trinajstić information content (AvgIpc) is 2.80. The lowest BCUT2D eigenvalue weighted by molar-refractivity contribution is -0.130. The van der Waals surface area contributed by atoms with Crippen LogP contribution in [0, 0.1) is 0 Å². The van der Waals surface area contributed by atoms with Gasteiger partial charge in [-0.3, -0.25) is 9.69 Å². The number of carbonyl (C=O) groups is 2.